The highest BCUT2D eigenvalue weighted by molar-refractivity contribution is 5.95. The molecule has 0 spiro atoms. The summed E-state index contributed by atoms with van der Waals surface area (Å²) < 4.78 is 5.89. The van der Waals surface area contributed by atoms with Gasteiger partial charge in [0.05, 0.1) is 12.3 Å². The molecule has 0 saturated carbocycles. The number of rotatable bonds is 6. The number of aromatic nitrogens is 1. The molecule has 1 aliphatic carbocycles. The van der Waals surface area contributed by atoms with Crippen molar-refractivity contribution in [2.24, 2.45) is 0 Å². The Morgan fingerprint density at radius 1 is 1.08 bits per heavy atom. The van der Waals surface area contributed by atoms with Crippen LogP contribution in [0.3, 0.4) is 0 Å². The van der Waals surface area contributed by atoms with Gasteiger partial charge in [0.15, 0.2) is 0 Å². The van der Waals surface area contributed by atoms with Crippen LogP contribution in [0.5, 0.6) is 5.75 Å². The van der Waals surface area contributed by atoms with Gasteiger partial charge in [0.25, 0.3) is 5.91 Å². The number of nitrogens with zero attached hydrogens (tertiary/aromatic N) is 2. The van der Waals surface area contributed by atoms with Crippen molar-refractivity contribution < 1.29 is 14.3 Å². The van der Waals surface area contributed by atoms with Crippen LogP contribution >= 0.6 is 0 Å². The quantitative estimate of drug-likeness (QED) is 0.446. The number of aryl methyl sites for hydroxylation is 2. The standard InChI is InChI=1S/C31H34N2O3/c1-18-11-23(31(35)33(4)5)12-19(2)29(18)27-8-6-7-25-22(9-10-26(25)27)14-21-15-28-30(32-16-21)24(17-36-28)13-20(3)34/h6-8,11-12,15-16,22,24H,9-10,13-14,17H2,1-5H3/t22-,24?/m0/s1. The SMILES string of the molecule is CC(=O)CC1COc2cc(C[C@@H]3CCc4c(-c5c(C)cc(C(=O)N(C)C)cc5C)cccc43)cnc21. The van der Waals surface area contributed by atoms with Gasteiger partial charge in [-0.1, -0.05) is 18.2 Å². The summed E-state index contributed by atoms with van der Waals surface area (Å²) in [5, 5.41) is 0. The van der Waals surface area contributed by atoms with E-state index in [-0.39, 0.29) is 17.6 Å². The molecule has 1 aromatic heterocycles. The third kappa shape index (κ3) is 4.43. The van der Waals surface area contributed by atoms with E-state index >= 15 is 0 Å². The maximum Gasteiger partial charge on any atom is 0.253 e. The lowest BCUT2D eigenvalue weighted by molar-refractivity contribution is -0.117. The topological polar surface area (TPSA) is 59.5 Å². The van der Waals surface area contributed by atoms with Crippen molar-refractivity contribution in [1.29, 1.82) is 0 Å². The fourth-order valence-electron chi connectivity index (χ4n) is 6.04. The fraction of sp³-hybridized carbons (Fsp3) is 0.387. The Balaban J connectivity index is 1.42. The van der Waals surface area contributed by atoms with Crippen molar-refractivity contribution in [2.45, 2.75) is 58.3 Å². The van der Waals surface area contributed by atoms with E-state index in [0.717, 1.165) is 47.4 Å². The van der Waals surface area contributed by atoms with E-state index in [1.165, 1.54) is 27.8 Å². The van der Waals surface area contributed by atoms with Crippen LogP contribution in [-0.4, -0.2) is 42.3 Å². The zero-order chi connectivity index (χ0) is 25.6. The molecular formula is C31H34N2O3. The maximum atomic E-state index is 12.5. The highest BCUT2D eigenvalue weighted by Crippen LogP contribution is 2.43. The van der Waals surface area contributed by atoms with Gasteiger partial charge < -0.3 is 14.4 Å². The number of benzene rings is 2. The van der Waals surface area contributed by atoms with Crippen molar-refractivity contribution in [2.75, 3.05) is 20.7 Å². The van der Waals surface area contributed by atoms with Gasteiger partial charge in [0, 0.05) is 38.2 Å². The molecule has 0 bridgehead atoms. The fourth-order valence-corrected chi connectivity index (χ4v) is 6.04. The summed E-state index contributed by atoms with van der Waals surface area (Å²) in [6.45, 7) is 6.38. The molecule has 1 aliphatic heterocycles. The number of hydrogen-bond acceptors (Lipinski definition) is 4. The lowest BCUT2D eigenvalue weighted by Crippen LogP contribution is -2.22. The number of pyridine rings is 1. The first-order chi connectivity index (χ1) is 17.2. The van der Waals surface area contributed by atoms with Gasteiger partial charge in [0.2, 0.25) is 0 Å². The molecule has 5 heteroatoms. The lowest BCUT2D eigenvalue weighted by Gasteiger charge is -2.18. The van der Waals surface area contributed by atoms with Gasteiger partial charge in [-0.25, -0.2) is 0 Å². The van der Waals surface area contributed by atoms with Gasteiger partial charge >= 0.3 is 0 Å². The highest BCUT2D eigenvalue weighted by Gasteiger charge is 2.29. The predicted molar refractivity (Wildman–Crippen MR) is 142 cm³/mol. The molecule has 186 valence electrons. The van der Waals surface area contributed by atoms with Crippen molar-refractivity contribution in [3.8, 4) is 16.9 Å². The summed E-state index contributed by atoms with van der Waals surface area (Å²) in [5.74, 6) is 1.55. The van der Waals surface area contributed by atoms with Crippen molar-refractivity contribution in [3.05, 3.63) is 81.7 Å². The number of ketones is 1. The molecule has 2 aromatic carbocycles. The average Bonchev–Trinajstić information content (AvgIpc) is 3.42. The molecule has 0 fully saturated rings. The number of carbonyl (C=O) groups is 2. The smallest absolute Gasteiger partial charge is 0.253 e. The number of fused-ring (bicyclic) bond motifs is 2. The second kappa shape index (κ2) is 9.53. The second-order valence-corrected chi connectivity index (χ2v) is 10.6. The van der Waals surface area contributed by atoms with Gasteiger partial charge in [-0.15, -0.1) is 0 Å². The molecule has 0 saturated heterocycles. The molecule has 2 heterocycles. The summed E-state index contributed by atoms with van der Waals surface area (Å²) in [4.78, 5) is 30.4. The molecule has 1 unspecified atom stereocenters. The Kier molecular flexibility index (Phi) is 6.42. The molecule has 36 heavy (non-hydrogen) atoms. The van der Waals surface area contributed by atoms with E-state index in [2.05, 4.69) is 38.1 Å². The number of ether oxygens (including phenoxy) is 1. The molecule has 0 N–H and O–H groups in total. The predicted octanol–water partition coefficient (Wildman–Crippen LogP) is 5.79. The Hall–Kier alpha value is -3.47. The lowest BCUT2D eigenvalue weighted by atomic mass is 9.87. The number of hydrogen-bond donors (Lipinski definition) is 0. The zero-order valence-electron chi connectivity index (χ0n) is 21.9. The van der Waals surface area contributed by atoms with Crippen LogP contribution in [0.25, 0.3) is 11.1 Å². The number of Topliss-reactive ketones (excluding diaryl/α,β-unsaturated/α-hetero) is 1. The number of carbonyl (C=O) groups excluding carboxylic acids is 2. The Bertz CT molecular complexity index is 1330. The summed E-state index contributed by atoms with van der Waals surface area (Å²) in [5.41, 5.74) is 10.5. The zero-order valence-corrected chi connectivity index (χ0v) is 21.9. The van der Waals surface area contributed by atoms with Crippen LogP contribution < -0.4 is 4.74 Å². The van der Waals surface area contributed by atoms with Crippen LogP contribution in [0.4, 0.5) is 0 Å². The Labute approximate surface area is 213 Å². The molecule has 5 nitrogen and oxygen atoms in total. The third-order valence-electron chi connectivity index (χ3n) is 7.63. The van der Waals surface area contributed by atoms with E-state index in [1.54, 1.807) is 25.9 Å². The summed E-state index contributed by atoms with van der Waals surface area (Å²) in [6, 6.07) is 12.8. The third-order valence-corrected chi connectivity index (χ3v) is 7.63. The maximum absolute atomic E-state index is 12.5. The monoisotopic (exact) mass is 482 g/mol. The van der Waals surface area contributed by atoms with Crippen LogP contribution in [0.2, 0.25) is 0 Å². The largest absolute Gasteiger partial charge is 0.491 e. The second-order valence-electron chi connectivity index (χ2n) is 10.6. The minimum atomic E-state index is 0.0330. The Morgan fingerprint density at radius 3 is 2.53 bits per heavy atom. The summed E-state index contributed by atoms with van der Waals surface area (Å²) >= 11 is 0. The van der Waals surface area contributed by atoms with E-state index in [0.29, 0.717) is 18.9 Å². The average molecular weight is 483 g/mol. The van der Waals surface area contributed by atoms with Crippen LogP contribution in [-0.2, 0) is 17.6 Å². The number of amides is 1. The van der Waals surface area contributed by atoms with Gasteiger partial charge in [0.1, 0.15) is 11.5 Å². The van der Waals surface area contributed by atoms with Crippen LogP contribution in [0.1, 0.15) is 75.5 Å². The Morgan fingerprint density at radius 2 is 1.83 bits per heavy atom. The molecule has 5 rings (SSSR count). The van der Waals surface area contributed by atoms with Gasteiger partial charge in [-0.3, -0.25) is 9.78 Å². The van der Waals surface area contributed by atoms with E-state index < -0.39 is 0 Å². The minimum absolute atomic E-state index is 0.0330. The van der Waals surface area contributed by atoms with Gasteiger partial charge in [-0.2, -0.15) is 0 Å². The van der Waals surface area contributed by atoms with Crippen molar-refractivity contribution in [3.63, 3.8) is 0 Å². The van der Waals surface area contributed by atoms with Crippen LogP contribution in [0.15, 0.2) is 42.6 Å². The molecule has 2 aliphatic rings. The highest BCUT2D eigenvalue weighted by atomic mass is 16.5. The van der Waals surface area contributed by atoms with E-state index in [1.807, 2.05) is 18.3 Å². The van der Waals surface area contributed by atoms with Crippen molar-refractivity contribution in [1.82, 2.24) is 9.88 Å². The van der Waals surface area contributed by atoms with Crippen molar-refractivity contribution >= 4 is 11.7 Å². The first-order valence-electron chi connectivity index (χ1n) is 12.8. The molecule has 0 radical (unpaired) electrons. The molecule has 3 aromatic rings. The molecular weight excluding hydrogens is 448 g/mol. The van der Waals surface area contributed by atoms with Crippen LogP contribution in [0, 0.1) is 13.8 Å². The molecule has 2 atom stereocenters. The normalized spacial score (nSPS) is 17.9. The van der Waals surface area contributed by atoms with E-state index in [9.17, 15) is 9.59 Å². The van der Waals surface area contributed by atoms with E-state index in [4.69, 9.17) is 9.72 Å². The first kappa shape index (κ1) is 24.2. The summed E-state index contributed by atoms with van der Waals surface area (Å²) in [7, 11) is 3.58. The van der Waals surface area contributed by atoms with Gasteiger partial charge in [-0.05, 0) is 103 Å². The minimum Gasteiger partial charge on any atom is -0.491 e. The first-order valence-corrected chi connectivity index (χ1v) is 12.8. The molecule has 1 amide bonds. The summed E-state index contributed by atoms with van der Waals surface area (Å²) in [6.07, 6.45) is 5.53.